The summed E-state index contributed by atoms with van der Waals surface area (Å²) in [5.74, 6) is 0. The van der Waals surface area contributed by atoms with Crippen molar-refractivity contribution in [2.75, 3.05) is 0 Å². The van der Waals surface area contributed by atoms with Gasteiger partial charge in [0.15, 0.2) is 0 Å². The molecule has 0 amide bonds. The molecule has 0 saturated heterocycles. The molecule has 2 rings (SSSR count). The minimum Gasteiger partial charge on any atom is -0.411 e. The zero-order valence-electron chi connectivity index (χ0n) is 10.1. The summed E-state index contributed by atoms with van der Waals surface area (Å²) >= 11 is 0. The van der Waals surface area contributed by atoms with Gasteiger partial charge in [0.2, 0.25) is 0 Å². The second-order valence-corrected chi connectivity index (χ2v) is 3.90. The Balaban J connectivity index is 2.48. The van der Waals surface area contributed by atoms with Crippen molar-refractivity contribution in [2.45, 2.75) is 6.92 Å². The van der Waals surface area contributed by atoms with Gasteiger partial charge in [0, 0.05) is 18.0 Å². The monoisotopic (exact) mass is 238 g/mol. The fourth-order valence-corrected chi connectivity index (χ4v) is 1.70. The topological polar surface area (TPSA) is 45.5 Å². The van der Waals surface area contributed by atoms with Gasteiger partial charge >= 0.3 is 0 Å². The molecule has 0 atom stereocenters. The number of benzene rings is 1. The zero-order chi connectivity index (χ0) is 12.8. The average molecular weight is 238 g/mol. The normalized spacial score (nSPS) is 12.5. The van der Waals surface area contributed by atoms with E-state index in [1.54, 1.807) is 19.3 Å². The van der Waals surface area contributed by atoms with Crippen LogP contribution in [0.3, 0.4) is 0 Å². The number of hydrogen-bond donors (Lipinski definition) is 1. The van der Waals surface area contributed by atoms with Gasteiger partial charge in [0.05, 0.1) is 5.71 Å². The molecule has 3 nitrogen and oxygen atoms in total. The molecule has 1 aromatic carbocycles. The van der Waals surface area contributed by atoms with E-state index < -0.39 is 0 Å². The van der Waals surface area contributed by atoms with Gasteiger partial charge < -0.3 is 5.21 Å². The number of hydrogen-bond acceptors (Lipinski definition) is 3. The van der Waals surface area contributed by atoms with E-state index in [0.29, 0.717) is 5.71 Å². The summed E-state index contributed by atoms with van der Waals surface area (Å²) in [4.78, 5) is 4.07. The number of allylic oxidation sites excluding steroid dienone is 1. The highest BCUT2D eigenvalue weighted by Gasteiger charge is 2.05. The summed E-state index contributed by atoms with van der Waals surface area (Å²) in [6.45, 7) is 1.77. The van der Waals surface area contributed by atoms with Crippen molar-refractivity contribution in [1.82, 2.24) is 4.98 Å². The highest BCUT2D eigenvalue weighted by Crippen LogP contribution is 2.19. The van der Waals surface area contributed by atoms with Gasteiger partial charge in [-0.05, 0) is 30.2 Å². The van der Waals surface area contributed by atoms with Gasteiger partial charge in [0.25, 0.3) is 0 Å². The number of aromatic nitrogens is 1. The molecule has 3 heteroatoms. The molecule has 0 aliphatic heterocycles. The lowest BCUT2D eigenvalue weighted by Crippen LogP contribution is -1.97. The molecule has 0 unspecified atom stereocenters. The summed E-state index contributed by atoms with van der Waals surface area (Å²) in [6, 6.07) is 13.7. The summed E-state index contributed by atoms with van der Waals surface area (Å²) in [5, 5.41) is 12.3. The first kappa shape index (κ1) is 12.0. The number of nitrogens with zero attached hydrogens (tertiary/aromatic N) is 2. The first-order valence-corrected chi connectivity index (χ1v) is 5.67. The molecule has 0 spiro atoms. The van der Waals surface area contributed by atoms with E-state index in [9.17, 15) is 0 Å². The molecule has 2 aromatic rings. The second kappa shape index (κ2) is 5.77. The van der Waals surface area contributed by atoms with Crippen molar-refractivity contribution in [1.29, 1.82) is 0 Å². The molecule has 0 fully saturated rings. The molecule has 1 aromatic heterocycles. The molecule has 0 saturated carbocycles. The van der Waals surface area contributed by atoms with Crippen LogP contribution in [0, 0.1) is 0 Å². The lowest BCUT2D eigenvalue weighted by atomic mass is 10.00. The summed E-state index contributed by atoms with van der Waals surface area (Å²) < 4.78 is 0. The van der Waals surface area contributed by atoms with Crippen LogP contribution in [-0.4, -0.2) is 15.9 Å². The van der Waals surface area contributed by atoms with Gasteiger partial charge in [-0.2, -0.15) is 0 Å². The Bertz CT molecular complexity index is 560. The highest BCUT2D eigenvalue weighted by atomic mass is 16.4. The lowest BCUT2D eigenvalue weighted by molar-refractivity contribution is 0.319. The van der Waals surface area contributed by atoms with Crippen LogP contribution in [0.25, 0.3) is 11.6 Å². The molecule has 1 N–H and O–H groups in total. The second-order valence-electron chi connectivity index (χ2n) is 3.90. The first-order valence-electron chi connectivity index (χ1n) is 5.67. The minimum atomic E-state index is 0.574. The average Bonchev–Trinajstić information content (AvgIpc) is 2.46. The molecular formula is C15H14N2O. The van der Waals surface area contributed by atoms with Crippen molar-refractivity contribution >= 4 is 17.4 Å². The molecule has 18 heavy (non-hydrogen) atoms. The third kappa shape index (κ3) is 2.83. The zero-order valence-corrected chi connectivity index (χ0v) is 10.1. The van der Waals surface area contributed by atoms with Gasteiger partial charge in [-0.3, -0.25) is 4.98 Å². The maximum atomic E-state index is 8.98. The van der Waals surface area contributed by atoms with Crippen molar-refractivity contribution in [2.24, 2.45) is 5.16 Å². The number of pyridine rings is 1. The summed E-state index contributed by atoms with van der Waals surface area (Å²) in [6.07, 6.45) is 5.46. The van der Waals surface area contributed by atoms with Crippen molar-refractivity contribution < 1.29 is 5.21 Å². The van der Waals surface area contributed by atoms with Crippen molar-refractivity contribution in [3.8, 4) is 0 Å². The largest absolute Gasteiger partial charge is 0.411 e. The Labute approximate surface area is 106 Å². The number of oxime groups is 1. The molecule has 0 aliphatic carbocycles. The van der Waals surface area contributed by atoms with Gasteiger partial charge in [-0.15, -0.1) is 0 Å². The SMILES string of the molecule is CC(=N\O)/C(=C/c1cccnc1)c1ccccc1. The Hall–Kier alpha value is -2.42. The Morgan fingerprint density at radius 2 is 1.94 bits per heavy atom. The van der Waals surface area contributed by atoms with E-state index in [2.05, 4.69) is 10.1 Å². The summed E-state index contributed by atoms with van der Waals surface area (Å²) in [7, 11) is 0. The van der Waals surface area contributed by atoms with Crippen LogP contribution < -0.4 is 0 Å². The fourth-order valence-electron chi connectivity index (χ4n) is 1.70. The third-order valence-electron chi connectivity index (χ3n) is 2.62. The van der Waals surface area contributed by atoms with E-state index in [0.717, 1.165) is 16.7 Å². The highest BCUT2D eigenvalue weighted by molar-refractivity contribution is 6.26. The summed E-state index contributed by atoms with van der Waals surface area (Å²) in [5.41, 5.74) is 3.44. The van der Waals surface area contributed by atoms with Crippen LogP contribution in [0.2, 0.25) is 0 Å². The molecule has 0 bridgehead atoms. The van der Waals surface area contributed by atoms with Gasteiger partial charge in [-0.1, -0.05) is 41.6 Å². The van der Waals surface area contributed by atoms with Crippen LogP contribution in [0.15, 0.2) is 60.0 Å². The molecule has 0 radical (unpaired) electrons. The van der Waals surface area contributed by atoms with E-state index in [4.69, 9.17) is 5.21 Å². The van der Waals surface area contributed by atoms with Crippen LogP contribution in [0.1, 0.15) is 18.1 Å². The first-order chi connectivity index (χ1) is 8.81. The number of rotatable bonds is 3. The fraction of sp³-hybridized carbons (Fsp3) is 0.0667. The molecule has 90 valence electrons. The smallest absolute Gasteiger partial charge is 0.0843 e. The van der Waals surface area contributed by atoms with Crippen molar-refractivity contribution in [3.63, 3.8) is 0 Å². The Morgan fingerprint density at radius 3 is 2.56 bits per heavy atom. The maximum absolute atomic E-state index is 8.98. The Morgan fingerprint density at radius 1 is 1.17 bits per heavy atom. The quantitative estimate of drug-likeness (QED) is 0.505. The van der Waals surface area contributed by atoms with Gasteiger partial charge in [0.1, 0.15) is 0 Å². The maximum Gasteiger partial charge on any atom is 0.0843 e. The third-order valence-corrected chi connectivity index (χ3v) is 2.62. The molecule has 1 heterocycles. The van der Waals surface area contributed by atoms with Crippen LogP contribution >= 0.6 is 0 Å². The molecular weight excluding hydrogens is 224 g/mol. The molecule has 0 aliphatic rings. The van der Waals surface area contributed by atoms with Crippen LogP contribution in [-0.2, 0) is 0 Å². The van der Waals surface area contributed by atoms with Crippen molar-refractivity contribution in [3.05, 3.63) is 66.0 Å². The van der Waals surface area contributed by atoms with E-state index in [-0.39, 0.29) is 0 Å². The van der Waals surface area contributed by atoms with Crippen LogP contribution in [0.5, 0.6) is 0 Å². The van der Waals surface area contributed by atoms with Gasteiger partial charge in [-0.25, -0.2) is 0 Å². The predicted octanol–water partition coefficient (Wildman–Crippen LogP) is 3.47. The predicted molar refractivity (Wildman–Crippen MR) is 73.4 cm³/mol. The standard InChI is InChI=1S/C15H14N2O/c1-12(17-18)15(14-7-3-2-4-8-14)10-13-6-5-9-16-11-13/h2-11,18H,1H3/b15-10-,17-12+. The van der Waals surface area contributed by atoms with E-state index in [1.807, 2.05) is 48.5 Å². The van der Waals surface area contributed by atoms with E-state index in [1.165, 1.54) is 0 Å². The van der Waals surface area contributed by atoms with E-state index >= 15 is 0 Å². The lowest BCUT2D eigenvalue weighted by Gasteiger charge is -2.06. The minimum absolute atomic E-state index is 0.574. The Kier molecular flexibility index (Phi) is 3.86. The van der Waals surface area contributed by atoms with Crippen LogP contribution in [0.4, 0.5) is 0 Å².